The predicted octanol–water partition coefficient (Wildman–Crippen LogP) is 6.02. The SMILES string of the molecule is CC(C)Cn1c(O)c(N=NC(=O)CSc2nc3ccccc3s2)c2ccccc21. The third-order valence-corrected chi connectivity index (χ3v) is 6.48. The van der Waals surface area contributed by atoms with Gasteiger partial charge in [0.25, 0.3) is 5.91 Å². The molecule has 0 radical (unpaired) electrons. The van der Waals surface area contributed by atoms with Crippen LogP contribution in [0, 0.1) is 5.92 Å². The number of carbonyl (C=O) groups excluding carboxylic acids is 1. The second-order valence-electron chi connectivity index (χ2n) is 7.02. The number of thioether (sulfide) groups is 1. The van der Waals surface area contributed by atoms with Crippen LogP contribution in [0.4, 0.5) is 5.69 Å². The summed E-state index contributed by atoms with van der Waals surface area (Å²) in [5.41, 5.74) is 2.14. The fraction of sp³-hybridized carbons (Fsp3) is 0.238. The minimum atomic E-state index is -0.366. The molecule has 0 saturated carbocycles. The quantitative estimate of drug-likeness (QED) is 0.303. The number of nitrogens with zero attached hydrogens (tertiary/aromatic N) is 4. The molecule has 0 bridgehead atoms. The Balaban J connectivity index is 1.51. The first-order valence-corrected chi connectivity index (χ1v) is 11.1. The maximum absolute atomic E-state index is 12.2. The Morgan fingerprint density at radius 1 is 1.21 bits per heavy atom. The van der Waals surface area contributed by atoms with Crippen LogP contribution < -0.4 is 0 Å². The number of fused-ring (bicyclic) bond motifs is 2. The number of rotatable bonds is 6. The molecule has 0 aliphatic heterocycles. The zero-order valence-corrected chi connectivity index (χ0v) is 17.7. The summed E-state index contributed by atoms with van der Waals surface area (Å²) in [7, 11) is 0. The zero-order valence-electron chi connectivity index (χ0n) is 16.1. The van der Waals surface area contributed by atoms with Gasteiger partial charge in [-0.3, -0.25) is 4.79 Å². The Bertz CT molecular complexity index is 1180. The lowest BCUT2D eigenvalue weighted by Gasteiger charge is -2.09. The van der Waals surface area contributed by atoms with E-state index in [9.17, 15) is 9.90 Å². The van der Waals surface area contributed by atoms with E-state index in [0.29, 0.717) is 18.2 Å². The summed E-state index contributed by atoms with van der Waals surface area (Å²) in [5.74, 6) is 0.173. The van der Waals surface area contributed by atoms with Gasteiger partial charge in [0.1, 0.15) is 0 Å². The highest BCUT2D eigenvalue weighted by Gasteiger charge is 2.17. The Hall–Kier alpha value is -2.71. The van der Waals surface area contributed by atoms with E-state index in [-0.39, 0.29) is 17.5 Å². The third kappa shape index (κ3) is 4.18. The largest absolute Gasteiger partial charge is 0.493 e. The number of hydrogen-bond acceptors (Lipinski definition) is 6. The maximum Gasteiger partial charge on any atom is 0.274 e. The number of azo groups is 1. The molecule has 1 amide bonds. The average molecular weight is 425 g/mol. The van der Waals surface area contributed by atoms with Gasteiger partial charge in [-0.15, -0.1) is 21.6 Å². The smallest absolute Gasteiger partial charge is 0.274 e. The molecule has 0 spiro atoms. The fourth-order valence-electron chi connectivity index (χ4n) is 3.09. The Kier molecular flexibility index (Phi) is 5.64. The van der Waals surface area contributed by atoms with Crippen LogP contribution in [0.25, 0.3) is 21.1 Å². The molecule has 0 unspecified atom stereocenters. The Morgan fingerprint density at radius 3 is 2.76 bits per heavy atom. The van der Waals surface area contributed by atoms with Crippen LogP contribution in [0.3, 0.4) is 0 Å². The summed E-state index contributed by atoms with van der Waals surface area (Å²) >= 11 is 2.90. The van der Waals surface area contributed by atoms with Crippen molar-refractivity contribution < 1.29 is 9.90 Å². The van der Waals surface area contributed by atoms with Crippen molar-refractivity contribution in [3.8, 4) is 5.88 Å². The van der Waals surface area contributed by atoms with Gasteiger partial charge in [-0.1, -0.05) is 55.9 Å². The van der Waals surface area contributed by atoms with E-state index in [4.69, 9.17) is 0 Å². The molecule has 2 aromatic carbocycles. The van der Waals surface area contributed by atoms with E-state index < -0.39 is 0 Å². The summed E-state index contributed by atoms with van der Waals surface area (Å²) in [6, 6.07) is 15.5. The normalized spacial score (nSPS) is 12.0. The second-order valence-corrected chi connectivity index (χ2v) is 9.28. The van der Waals surface area contributed by atoms with Crippen molar-refractivity contribution >= 4 is 55.8 Å². The van der Waals surface area contributed by atoms with Crippen molar-refractivity contribution in [2.24, 2.45) is 16.1 Å². The molecule has 0 aliphatic carbocycles. The molecular formula is C21H20N4O2S2. The first-order chi connectivity index (χ1) is 14.0. The van der Waals surface area contributed by atoms with E-state index in [1.807, 2.05) is 53.1 Å². The summed E-state index contributed by atoms with van der Waals surface area (Å²) in [6.07, 6.45) is 0. The molecule has 0 fully saturated rings. The van der Waals surface area contributed by atoms with Gasteiger partial charge in [0, 0.05) is 11.9 Å². The van der Waals surface area contributed by atoms with Gasteiger partial charge in [0.15, 0.2) is 10.0 Å². The number of aromatic nitrogens is 2. The lowest BCUT2D eigenvalue weighted by atomic mass is 10.2. The van der Waals surface area contributed by atoms with Gasteiger partial charge >= 0.3 is 0 Å². The number of para-hydroxylation sites is 2. The molecule has 4 aromatic rings. The van der Waals surface area contributed by atoms with Crippen LogP contribution in [0.2, 0.25) is 0 Å². The number of carbonyl (C=O) groups is 1. The fourth-order valence-corrected chi connectivity index (χ4v) is 4.94. The van der Waals surface area contributed by atoms with Crippen LogP contribution in [0.1, 0.15) is 13.8 Å². The molecule has 6 nitrogen and oxygen atoms in total. The lowest BCUT2D eigenvalue weighted by molar-refractivity contribution is -0.115. The van der Waals surface area contributed by atoms with E-state index in [1.54, 1.807) is 11.3 Å². The maximum atomic E-state index is 12.2. The van der Waals surface area contributed by atoms with Gasteiger partial charge in [-0.05, 0) is 24.1 Å². The molecule has 29 heavy (non-hydrogen) atoms. The summed E-state index contributed by atoms with van der Waals surface area (Å²) in [4.78, 5) is 16.7. The average Bonchev–Trinajstić information content (AvgIpc) is 3.24. The molecule has 8 heteroatoms. The first kappa shape index (κ1) is 19.6. The molecule has 2 aromatic heterocycles. The minimum Gasteiger partial charge on any atom is -0.493 e. The Morgan fingerprint density at radius 2 is 1.97 bits per heavy atom. The molecule has 148 valence electrons. The van der Waals surface area contributed by atoms with Gasteiger partial charge in [-0.2, -0.15) is 0 Å². The highest BCUT2D eigenvalue weighted by atomic mass is 32.2. The van der Waals surface area contributed by atoms with Crippen molar-refractivity contribution in [2.75, 3.05) is 5.75 Å². The first-order valence-electron chi connectivity index (χ1n) is 9.26. The van der Waals surface area contributed by atoms with Crippen molar-refractivity contribution in [3.63, 3.8) is 0 Å². The van der Waals surface area contributed by atoms with Gasteiger partial charge in [0.05, 0.1) is 21.5 Å². The third-order valence-electron chi connectivity index (χ3n) is 4.32. The van der Waals surface area contributed by atoms with Gasteiger partial charge in [-0.25, -0.2) is 4.98 Å². The van der Waals surface area contributed by atoms with E-state index >= 15 is 0 Å². The predicted molar refractivity (Wildman–Crippen MR) is 118 cm³/mol. The highest BCUT2D eigenvalue weighted by molar-refractivity contribution is 8.01. The zero-order chi connectivity index (χ0) is 20.4. The summed E-state index contributed by atoms with van der Waals surface area (Å²) < 4.78 is 3.73. The standard InChI is InChI=1S/C21H20N4O2S2/c1-13(2)11-25-16-9-5-3-7-14(16)19(20(25)27)24-23-18(26)12-28-21-22-15-8-4-6-10-17(15)29-21/h3-10,13,27H,11-12H2,1-2H3. The van der Waals surface area contributed by atoms with E-state index in [0.717, 1.165) is 25.5 Å². The van der Waals surface area contributed by atoms with Crippen LogP contribution in [-0.4, -0.2) is 26.3 Å². The molecule has 0 aliphatic rings. The van der Waals surface area contributed by atoms with Gasteiger partial charge < -0.3 is 9.67 Å². The second kappa shape index (κ2) is 8.34. The number of aromatic hydroxyl groups is 1. The van der Waals surface area contributed by atoms with Crippen LogP contribution in [0.15, 0.2) is 63.1 Å². The van der Waals surface area contributed by atoms with E-state index in [1.165, 1.54) is 11.8 Å². The molecule has 4 rings (SSSR count). The Labute approximate surface area is 176 Å². The molecule has 0 atom stereocenters. The van der Waals surface area contributed by atoms with Crippen LogP contribution >= 0.6 is 23.1 Å². The minimum absolute atomic E-state index is 0.0373. The number of thiazole rings is 1. The molecule has 1 N–H and O–H groups in total. The van der Waals surface area contributed by atoms with Gasteiger partial charge in [0.2, 0.25) is 5.88 Å². The molecule has 2 heterocycles. The van der Waals surface area contributed by atoms with Crippen molar-refractivity contribution in [2.45, 2.75) is 24.7 Å². The lowest BCUT2D eigenvalue weighted by Crippen LogP contribution is -2.03. The van der Waals surface area contributed by atoms with Crippen molar-refractivity contribution in [1.82, 2.24) is 9.55 Å². The van der Waals surface area contributed by atoms with Crippen LogP contribution in [-0.2, 0) is 11.3 Å². The summed E-state index contributed by atoms with van der Waals surface area (Å²) in [6.45, 7) is 4.82. The highest BCUT2D eigenvalue weighted by Crippen LogP contribution is 2.39. The van der Waals surface area contributed by atoms with Crippen molar-refractivity contribution in [1.29, 1.82) is 0 Å². The van der Waals surface area contributed by atoms with E-state index in [2.05, 4.69) is 29.1 Å². The van der Waals surface area contributed by atoms with Crippen LogP contribution in [0.5, 0.6) is 5.88 Å². The number of hydrogen-bond donors (Lipinski definition) is 1. The number of amides is 1. The number of benzene rings is 2. The van der Waals surface area contributed by atoms with Crippen molar-refractivity contribution in [3.05, 3.63) is 48.5 Å². The topological polar surface area (TPSA) is 79.8 Å². The monoisotopic (exact) mass is 424 g/mol. The molecular weight excluding hydrogens is 404 g/mol. The summed E-state index contributed by atoms with van der Waals surface area (Å²) in [5, 5.41) is 19.4. The molecule has 0 saturated heterocycles.